The summed E-state index contributed by atoms with van der Waals surface area (Å²) in [6.07, 6.45) is 0. The number of hydrogen-bond acceptors (Lipinski definition) is 2. The van der Waals surface area contributed by atoms with Gasteiger partial charge in [0.1, 0.15) is 0 Å². The maximum atomic E-state index is 8.46. The molecule has 0 aromatic rings. The molecule has 2 nitrogen and oxygen atoms in total. The molecule has 0 saturated carbocycles. The molecular formula is H2AlClO2. The first kappa shape index (κ1) is 8.83. The van der Waals surface area contributed by atoms with Crippen LogP contribution in [0.25, 0.3) is 0 Å². The summed E-state index contributed by atoms with van der Waals surface area (Å²) in [5, 5.41) is 0. The molecule has 0 spiro atoms. The van der Waals surface area contributed by atoms with Gasteiger partial charge in [0.25, 0.3) is 0 Å². The van der Waals surface area contributed by atoms with Gasteiger partial charge >= 0.3 is 23.4 Å². The van der Waals surface area contributed by atoms with E-state index in [0.717, 1.165) is 0 Å². The van der Waals surface area contributed by atoms with Crippen LogP contribution in [0.3, 0.4) is 0 Å². The summed E-state index contributed by atoms with van der Waals surface area (Å²) in [5.74, 6) is 0. The van der Waals surface area contributed by atoms with E-state index in [1.807, 2.05) is 0 Å². The Morgan fingerprint density at radius 3 is 1.75 bits per heavy atom. The standard InChI is InChI=1S/Al.ClH2.2O/h;1H2;;/q;+1;;-1. The van der Waals surface area contributed by atoms with Crippen molar-refractivity contribution >= 4 is 15.5 Å². The first-order chi connectivity index (χ1) is 1.41. The fraction of sp³-hybridized carbons (Fsp3) is 0. The average Bonchev–Trinajstić information content (AvgIpc) is 0.918. The van der Waals surface area contributed by atoms with Gasteiger partial charge in [-0.15, -0.1) is 0 Å². The van der Waals surface area contributed by atoms with E-state index in [1.54, 1.807) is 0 Å². The summed E-state index contributed by atoms with van der Waals surface area (Å²) in [6.45, 7) is 0. The minimum absolute atomic E-state index is 0. The fourth-order valence-electron chi connectivity index (χ4n) is 0. The molecule has 0 heterocycles. The van der Waals surface area contributed by atoms with Gasteiger partial charge in [0.05, 0.1) is 12.4 Å². The van der Waals surface area contributed by atoms with Crippen LogP contribution in [0.15, 0.2) is 0 Å². The third kappa shape index (κ3) is 27.5. The Morgan fingerprint density at radius 2 is 1.75 bits per heavy atom. The summed E-state index contributed by atoms with van der Waals surface area (Å²) in [6, 6.07) is 0. The molecule has 0 aromatic heterocycles. The molecule has 0 aliphatic carbocycles. The van der Waals surface area contributed by atoms with E-state index in [4.69, 9.17) is 7.96 Å². The maximum absolute atomic E-state index is 8.46. The molecule has 24 valence electrons. The topological polar surface area (TPSA) is 40.1 Å². The molecule has 0 saturated heterocycles. The molecule has 0 atom stereocenters. The van der Waals surface area contributed by atoms with Gasteiger partial charge in [0.15, 0.2) is 0 Å². The molecule has 0 amide bonds. The van der Waals surface area contributed by atoms with E-state index >= 15 is 0 Å². The van der Waals surface area contributed by atoms with Gasteiger partial charge < -0.3 is 0 Å². The Hall–Kier alpha value is 0.422. The van der Waals surface area contributed by atoms with Gasteiger partial charge in [-0.05, 0) is 0 Å². The molecule has 0 bridgehead atoms. The van der Waals surface area contributed by atoms with Crippen LogP contribution >= 0.6 is 0 Å². The molecule has 0 unspecified atom stereocenters. The van der Waals surface area contributed by atoms with E-state index in [9.17, 15) is 0 Å². The van der Waals surface area contributed by atoms with Crippen LogP contribution in [0, 0.1) is 12.4 Å². The van der Waals surface area contributed by atoms with Crippen LogP contribution in [0.1, 0.15) is 0 Å². The number of hydrogen-bond donors (Lipinski definition) is 0. The van der Waals surface area contributed by atoms with E-state index in [0.29, 0.717) is 0 Å². The molecule has 0 aromatic carbocycles. The molecule has 4 heavy (non-hydrogen) atoms. The van der Waals surface area contributed by atoms with Crippen LogP contribution in [-0.4, -0.2) is 15.5 Å². The summed E-state index contributed by atoms with van der Waals surface area (Å²) in [7, 11) is 0. The second-order valence-electron chi connectivity index (χ2n) is 0.0962. The summed E-state index contributed by atoms with van der Waals surface area (Å²) in [4.78, 5) is 0. The van der Waals surface area contributed by atoms with Gasteiger partial charge in [-0.2, -0.15) is 0 Å². The van der Waals surface area contributed by atoms with Crippen LogP contribution in [0.4, 0.5) is 0 Å². The van der Waals surface area contributed by atoms with E-state index in [2.05, 4.69) is 0 Å². The second-order valence-corrected chi connectivity index (χ2v) is 0.289. The Balaban J connectivity index is 0. The van der Waals surface area contributed by atoms with Crippen molar-refractivity contribution in [1.29, 1.82) is 0 Å². The van der Waals surface area contributed by atoms with Gasteiger partial charge in [-0.1, -0.05) is 0 Å². The average molecular weight is 96.4 g/mol. The predicted molar refractivity (Wildman–Crippen MR) is 9.23 cm³/mol. The first-order valence-corrected chi connectivity index (χ1v) is 1.41. The quantitative estimate of drug-likeness (QED) is 0.321. The SMILES string of the molecule is [ClH2+].[O]=[Al][O-]. The molecule has 0 fully saturated rings. The first-order valence-electron chi connectivity index (χ1n) is 0.471. The molecular weight excluding hydrogens is 94.4 g/mol. The molecule has 0 rings (SSSR count). The van der Waals surface area contributed by atoms with Crippen molar-refractivity contribution < 1.29 is 20.4 Å². The monoisotopic (exact) mass is 96.0 g/mol. The van der Waals surface area contributed by atoms with Crippen molar-refractivity contribution in [3.63, 3.8) is 0 Å². The van der Waals surface area contributed by atoms with Gasteiger partial charge in [0.2, 0.25) is 0 Å². The second kappa shape index (κ2) is 9.93. The summed E-state index contributed by atoms with van der Waals surface area (Å²) >= 11 is -1.75. The normalized spacial score (nSPS) is 2.00. The van der Waals surface area contributed by atoms with Crippen LogP contribution < -0.4 is 4.16 Å². The van der Waals surface area contributed by atoms with E-state index in [-0.39, 0.29) is 12.4 Å². The minimum atomic E-state index is -1.75. The van der Waals surface area contributed by atoms with Crippen molar-refractivity contribution in [2.24, 2.45) is 0 Å². The van der Waals surface area contributed by atoms with Crippen LogP contribution in [0.5, 0.6) is 0 Å². The van der Waals surface area contributed by atoms with Crippen molar-refractivity contribution in [3.05, 3.63) is 0 Å². The van der Waals surface area contributed by atoms with Crippen molar-refractivity contribution in [2.75, 3.05) is 0 Å². The zero-order valence-corrected chi connectivity index (χ0v) is 3.89. The van der Waals surface area contributed by atoms with E-state index < -0.39 is 15.5 Å². The van der Waals surface area contributed by atoms with Gasteiger partial charge in [-0.25, -0.2) is 0 Å². The third-order valence-electron chi connectivity index (χ3n) is 0. The Kier molecular flexibility index (Phi) is 21.9. The zero-order chi connectivity index (χ0) is 2.71. The molecule has 0 N–H and O–H groups in total. The molecule has 0 aliphatic heterocycles. The van der Waals surface area contributed by atoms with Crippen molar-refractivity contribution in [2.45, 2.75) is 0 Å². The third-order valence-corrected chi connectivity index (χ3v) is 0. The molecule has 0 aliphatic rings. The van der Waals surface area contributed by atoms with E-state index in [1.165, 1.54) is 0 Å². The van der Waals surface area contributed by atoms with Crippen LogP contribution in [0.2, 0.25) is 0 Å². The fourth-order valence-corrected chi connectivity index (χ4v) is 0. The molecule has 4 heteroatoms. The number of halogens is 1. The van der Waals surface area contributed by atoms with Crippen molar-refractivity contribution in [1.82, 2.24) is 0 Å². The predicted octanol–water partition coefficient (Wildman–Crippen LogP) is -2.22. The van der Waals surface area contributed by atoms with Crippen molar-refractivity contribution in [3.8, 4) is 0 Å². The van der Waals surface area contributed by atoms with Crippen LogP contribution in [-0.2, 0) is 3.80 Å². The Morgan fingerprint density at radius 1 is 1.75 bits per heavy atom. The summed E-state index contributed by atoms with van der Waals surface area (Å²) < 4.78 is 16.9. The van der Waals surface area contributed by atoms with Gasteiger partial charge in [0, 0.05) is 0 Å². The number of rotatable bonds is 0. The zero-order valence-electron chi connectivity index (χ0n) is 1.84. The Bertz CT molecular complexity index is 13.5. The molecule has 0 radical (unpaired) electrons. The summed E-state index contributed by atoms with van der Waals surface area (Å²) in [5.41, 5.74) is 0. The van der Waals surface area contributed by atoms with Gasteiger partial charge in [-0.3, -0.25) is 0 Å². The Labute approximate surface area is 36.5 Å².